The van der Waals surface area contributed by atoms with E-state index in [0.717, 1.165) is 13.1 Å². The first kappa shape index (κ1) is 12.3. The van der Waals surface area contributed by atoms with Crippen molar-refractivity contribution in [3.8, 4) is 0 Å². The molecule has 0 aromatic rings. The lowest BCUT2D eigenvalue weighted by Crippen LogP contribution is -2.42. The summed E-state index contributed by atoms with van der Waals surface area (Å²) in [5, 5.41) is 11.7. The van der Waals surface area contributed by atoms with E-state index >= 15 is 0 Å². The minimum atomic E-state index is 0.0509. The van der Waals surface area contributed by atoms with Crippen LogP contribution in [0, 0.1) is 5.41 Å². The highest BCUT2D eigenvalue weighted by Crippen LogP contribution is 2.37. The molecule has 3 N–H and O–H groups in total. The molecule has 0 aromatic carbocycles. The molecule has 1 fully saturated rings. The van der Waals surface area contributed by atoms with Gasteiger partial charge in [-0.2, -0.15) is 0 Å². The molecule has 0 amide bonds. The number of oxime groups is 1. The summed E-state index contributed by atoms with van der Waals surface area (Å²) in [5.41, 5.74) is 6.07. The lowest BCUT2D eigenvalue weighted by Gasteiger charge is -2.28. The van der Waals surface area contributed by atoms with Gasteiger partial charge >= 0.3 is 0 Å². The van der Waals surface area contributed by atoms with Crippen LogP contribution in [0.3, 0.4) is 0 Å². The van der Waals surface area contributed by atoms with Gasteiger partial charge in [0.15, 0.2) is 5.84 Å². The molecule has 0 radical (unpaired) electrons. The number of nitrogens with zero attached hydrogens (tertiary/aromatic N) is 2. The van der Waals surface area contributed by atoms with Crippen LogP contribution in [0.5, 0.6) is 0 Å². The van der Waals surface area contributed by atoms with Gasteiger partial charge in [0.05, 0.1) is 6.04 Å². The van der Waals surface area contributed by atoms with Gasteiger partial charge < -0.3 is 10.9 Å². The molecule has 88 valence electrons. The van der Waals surface area contributed by atoms with Crippen LogP contribution in [0.25, 0.3) is 0 Å². The highest BCUT2D eigenvalue weighted by molar-refractivity contribution is 5.84. The largest absolute Gasteiger partial charge is 0.409 e. The summed E-state index contributed by atoms with van der Waals surface area (Å²) in [6.07, 6.45) is 3.65. The Morgan fingerprint density at radius 2 is 2.13 bits per heavy atom. The Labute approximate surface area is 92.1 Å². The molecule has 0 saturated carbocycles. The van der Waals surface area contributed by atoms with Gasteiger partial charge in [0.25, 0.3) is 0 Å². The highest BCUT2D eigenvalue weighted by Gasteiger charge is 2.37. The van der Waals surface area contributed by atoms with Crippen LogP contribution in [0.4, 0.5) is 0 Å². The normalized spacial score (nSPS) is 24.3. The topological polar surface area (TPSA) is 61.8 Å². The minimum Gasteiger partial charge on any atom is -0.409 e. The minimum absolute atomic E-state index is 0.0509. The van der Waals surface area contributed by atoms with E-state index in [-0.39, 0.29) is 6.04 Å². The molecular formula is C11H23N3O. The fourth-order valence-corrected chi connectivity index (χ4v) is 2.40. The van der Waals surface area contributed by atoms with Crippen molar-refractivity contribution >= 4 is 5.84 Å². The number of rotatable bonds is 4. The van der Waals surface area contributed by atoms with Crippen LogP contribution < -0.4 is 5.73 Å². The van der Waals surface area contributed by atoms with Gasteiger partial charge in [0.2, 0.25) is 0 Å². The van der Waals surface area contributed by atoms with Crippen molar-refractivity contribution in [1.82, 2.24) is 4.90 Å². The number of hydrogen-bond acceptors (Lipinski definition) is 3. The van der Waals surface area contributed by atoms with Crippen molar-refractivity contribution < 1.29 is 5.21 Å². The Bertz CT molecular complexity index is 236. The molecular weight excluding hydrogens is 190 g/mol. The average molecular weight is 213 g/mol. The molecule has 1 unspecified atom stereocenters. The van der Waals surface area contributed by atoms with E-state index in [9.17, 15) is 0 Å². The maximum Gasteiger partial charge on any atom is 0.156 e. The highest BCUT2D eigenvalue weighted by atomic mass is 16.4. The molecule has 0 bridgehead atoms. The molecule has 0 aromatic heterocycles. The van der Waals surface area contributed by atoms with Crippen LogP contribution in [-0.4, -0.2) is 35.1 Å². The first-order valence-electron chi connectivity index (χ1n) is 5.80. The lowest BCUT2D eigenvalue weighted by atomic mass is 9.82. The number of nitrogens with two attached hydrogens (primary N) is 1. The maximum atomic E-state index is 8.65. The van der Waals surface area contributed by atoms with Gasteiger partial charge in [-0.3, -0.25) is 4.90 Å². The molecule has 1 aliphatic heterocycles. The smallest absolute Gasteiger partial charge is 0.156 e. The second-order valence-corrected chi connectivity index (χ2v) is 4.63. The Morgan fingerprint density at radius 3 is 2.53 bits per heavy atom. The van der Waals surface area contributed by atoms with Crippen molar-refractivity contribution in [3.05, 3.63) is 0 Å². The zero-order chi connectivity index (χ0) is 11.5. The lowest BCUT2D eigenvalue weighted by molar-refractivity contribution is 0.225. The van der Waals surface area contributed by atoms with E-state index in [2.05, 4.69) is 23.9 Å². The summed E-state index contributed by atoms with van der Waals surface area (Å²) in [7, 11) is 0. The van der Waals surface area contributed by atoms with Crippen molar-refractivity contribution in [3.63, 3.8) is 0 Å². The summed E-state index contributed by atoms with van der Waals surface area (Å²) in [6, 6.07) is 0.0509. The summed E-state index contributed by atoms with van der Waals surface area (Å²) in [6.45, 7) is 8.62. The van der Waals surface area contributed by atoms with Crippen molar-refractivity contribution in [2.45, 2.75) is 46.1 Å². The summed E-state index contributed by atoms with van der Waals surface area (Å²) in [5.74, 6) is 0.318. The van der Waals surface area contributed by atoms with Crippen molar-refractivity contribution in [2.24, 2.45) is 16.3 Å². The Hall–Kier alpha value is -0.770. The molecule has 0 aliphatic carbocycles. The molecule has 1 atom stereocenters. The predicted octanol–water partition coefficient (Wildman–Crippen LogP) is 1.63. The monoisotopic (exact) mass is 213 g/mol. The van der Waals surface area contributed by atoms with E-state index in [1.807, 2.05) is 6.92 Å². The molecule has 0 spiro atoms. The number of likely N-dealkylation sites (tertiary alicyclic amines) is 1. The van der Waals surface area contributed by atoms with Gasteiger partial charge in [-0.25, -0.2) is 0 Å². The van der Waals surface area contributed by atoms with Gasteiger partial charge in [0, 0.05) is 6.54 Å². The van der Waals surface area contributed by atoms with Crippen molar-refractivity contribution in [1.29, 1.82) is 0 Å². The molecule has 1 aliphatic rings. The van der Waals surface area contributed by atoms with Gasteiger partial charge in [0.1, 0.15) is 0 Å². The van der Waals surface area contributed by atoms with Crippen LogP contribution in [-0.2, 0) is 0 Å². The van der Waals surface area contributed by atoms with Crippen LogP contribution in [0.2, 0.25) is 0 Å². The Morgan fingerprint density at radius 1 is 1.53 bits per heavy atom. The first-order chi connectivity index (χ1) is 7.08. The Kier molecular flexibility index (Phi) is 3.97. The SMILES string of the molecule is CCC1(CC)CCN(C(C)C(N)=NO)C1. The predicted molar refractivity (Wildman–Crippen MR) is 62.1 cm³/mol. The molecule has 1 heterocycles. The van der Waals surface area contributed by atoms with E-state index in [4.69, 9.17) is 10.9 Å². The third-order valence-electron chi connectivity index (χ3n) is 4.06. The summed E-state index contributed by atoms with van der Waals surface area (Å²) >= 11 is 0. The quantitative estimate of drug-likeness (QED) is 0.323. The number of hydrogen-bond donors (Lipinski definition) is 2. The molecule has 1 rings (SSSR count). The molecule has 4 heteroatoms. The number of amidine groups is 1. The molecule has 15 heavy (non-hydrogen) atoms. The van der Waals surface area contributed by atoms with E-state index in [1.54, 1.807) is 0 Å². The third kappa shape index (κ3) is 2.43. The van der Waals surface area contributed by atoms with Crippen LogP contribution in [0.15, 0.2) is 5.16 Å². The molecule has 1 saturated heterocycles. The second kappa shape index (κ2) is 4.84. The second-order valence-electron chi connectivity index (χ2n) is 4.63. The average Bonchev–Trinajstić information content (AvgIpc) is 2.72. The zero-order valence-corrected chi connectivity index (χ0v) is 10.0. The molecule has 4 nitrogen and oxygen atoms in total. The fraction of sp³-hybridized carbons (Fsp3) is 0.909. The Balaban J connectivity index is 2.63. The van der Waals surface area contributed by atoms with Crippen molar-refractivity contribution in [2.75, 3.05) is 13.1 Å². The zero-order valence-electron chi connectivity index (χ0n) is 10.0. The van der Waals surface area contributed by atoms with Crippen LogP contribution >= 0.6 is 0 Å². The summed E-state index contributed by atoms with van der Waals surface area (Å²) in [4.78, 5) is 2.31. The van der Waals surface area contributed by atoms with E-state index < -0.39 is 0 Å². The van der Waals surface area contributed by atoms with Gasteiger partial charge in [-0.05, 0) is 38.1 Å². The standard InChI is InChI=1S/C11H23N3O/c1-4-11(5-2)6-7-14(8-11)9(3)10(12)13-15/h9,15H,4-8H2,1-3H3,(H2,12,13). The maximum absolute atomic E-state index is 8.65. The van der Waals surface area contributed by atoms with E-state index in [1.165, 1.54) is 19.3 Å². The van der Waals surface area contributed by atoms with Gasteiger partial charge in [-0.15, -0.1) is 0 Å². The fourth-order valence-electron chi connectivity index (χ4n) is 2.40. The van der Waals surface area contributed by atoms with Gasteiger partial charge in [-0.1, -0.05) is 19.0 Å². The van der Waals surface area contributed by atoms with E-state index in [0.29, 0.717) is 11.3 Å². The van der Waals surface area contributed by atoms with Crippen LogP contribution in [0.1, 0.15) is 40.0 Å². The first-order valence-corrected chi connectivity index (χ1v) is 5.80. The third-order valence-corrected chi connectivity index (χ3v) is 4.06. The summed E-state index contributed by atoms with van der Waals surface area (Å²) < 4.78 is 0.